The number of nitrogens with zero attached hydrogens (tertiary/aromatic N) is 3. The Morgan fingerprint density at radius 2 is 1.93 bits per heavy atom. The number of nitrogen functional groups attached to an aromatic ring is 2. The van der Waals surface area contributed by atoms with Crippen LogP contribution in [0.15, 0.2) is 54.9 Å². The number of benzene rings is 2. The van der Waals surface area contributed by atoms with Crippen LogP contribution in [-0.2, 0) is 6.61 Å². The van der Waals surface area contributed by atoms with Gasteiger partial charge >= 0.3 is 0 Å². The molecule has 0 spiro atoms. The standard InChI is InChI=1S/C20H15ClFN5O/c21-14-6-12(3-4-18(14)28-10-11-2-1-5-25-9-11)20-26-17-8-15(22)16(23)7-13(17)19(24)27-20/h1-9H,10,23H2,(H2,24,26,27). The van der Waals surface area contributed by atoms with Gasteiger partial charge in [0, 0.05) is 35.0 Å². The minimum atomic E-state index is -0.561. The summed E-state index contributed by atoms with van der Waals surface area (Å²) in [5.41, 5.74) is 13.5. The van der Waals surface area contributed by atoms with E-state index in [1.54, 1.807) is 30.6 Å². The van der Waals surface area contributed by atoms with Crippen molar-refractivity contribution in [2.75, 3.05) is 11.5 Å². The summed E-state index contributed by atoms with van der Waals surface area (Å²) >= 11 is 6.35. The second kappa shape index (κ2) is 7.28. The van der Waals surface area contributed by atoms with Crippen molar-refractivity contribution < 1.29 is 9.13 Å². The summed E-state index contributed by atoms with van der Waals surface area (Å²) in [7, 11) is 0. The fourth-order valence-corrected chi connectivity index (χ4v) is 2.96. The number of fused-ring (bicyclic) bond motifs is 1. The van der Waals surface area contributed by atoms with Gasteiger partial charge in [-0.05, 0) is 30.3 Å². The smallest absolute Gasteiger partial charge is 0.162 e. The molecular weight excluding hydrogens is 381 g/mol. The SMILES string of the molecule is Nc1cc2c(N)nc(-c3ccc(OCc4cccnc4)c(Cl)c3)nc2cc1F. The number of pyridine rings is 1. The van der Waals surface area contributed by atoms with Crippen LogP contribution in [0.25, 0.3) is 22.3 Å². The van der Waals surface area contributed by atoms with Crippen LogP contribution < -0.4 is 16.2 Å². The normalized spacial score (nSPS) is 10.9. The monoisotopic (exact) mass is 395 g/mol. The van der Waals surface area contributed by atoms with E-state index in [9.17, 15) is 4.39 Å². The van der Waals surface area contributed by atoms with Crippen molar-refractivity contribution in [2.45, 2.75) is 6.61 Å². The van der Waals surface area contributed by atoms with Gasteiger partial charge in [0.15, 0.2) is 5.82 Å². The summed E-state index contributed by atoms with van der Waals surface area (Å²) in [5, 5.41) is 0.886. The molecule has 0 unspecified atom stereocenters. The van der Waals surface area contributed by atoms with E-state index in [0.29, 0.717) is 39.7 Å². The highest BCUT2D eigenvalue weighted by Gasteiger charge is 2.12. The van der Waals surface area contributed by atoms with E-state index in [1.165, 1.54) is 12.1 Å². The third-order valence-corrected chi connectivity index (χ3v) is 4.45. The number of ether oxygens (including phenoxy) is 1. The lowest BCUT2D eigenvalue weighted by molar-refractivity contribution is 0.306. The van der Waals surface area contributed by atoms with E-state index in [2.05, 4.69) is 15.0 Å². The maximum Gasteiger partial charge on any atom is 0.162 e. The Balaban J connectivity index is 1.64. The highest BCUT2D eigenvalue weighted by atomic mass is 35.5. The number of rotatable bonds is 4. The average molecular weight is 396 g/mol. The molecule has 0 amide bonds. The molecule has 0 atom stereocenters. The molecule has 0 aliphatic carbocycles. The Morgan fingerprint density at radius 1 is 1.07 bits per heavy atom. The average Bonchev–Trinajstić information content (AvgIpc) is 2.69. The molecule has 0 saturated heterocycles. The van der Waals surface area contributed by atoms with Crippen LogP contribution in [-0.4, -0.2) is 15.0 Å². The second-order valence-electron chi connectivity index (χ2n) is 6.12. The first-order chi connectivity index (χ1) is 13.5. The van der Waals surface area contributed by atoms with Crippen molar-refractivity contribution >= 4 is 34.0 Å². The van der Waals surface area contributed by atoms with Crippen molar-refractivity contribution in [3.8, 4) is 17.1 Å². The minimum Gasteiger partial charge on any atom is -0.487 e. The van der Waals surface area contributed by atoms with Gasteiger partial charge in [-0.15, -0.1) is 0 Å². The molecule has 4 rings (SSSR count). The molecule has 6 nitrogen and oxygen atoms in total. The molecule has 0 bridgehead atoms. The van der Waals surface area contributed by atoms with Crippen LogP contribution in [0.3, 0.4) is 0 Å². The summed E-state index contributed by atoms with van der Waals surface area (Å²) in [6.07, 6.45) is 3.42. The fourth-order valence-electron chi connectivity index (χ4n) is 2.72. The van der Waals surface area contributed by atoms with Gasteiger partial charge in [-0.3, -0.25) is 4.98 Å². The molecule has 0 fully saturated rings. The molecule has 2 aromatic heterocycles. The van der Waals surface area contributed by atoms with Gasteiger partial charge in [-0.1, -0.05) is 17.7 Å². The maximum atomic E-state index is 13.8. The van der Waals surface area contributed by atoms with Crippen LogP contribution >= 0.6 is 11.6 Å². The number of anilines is 2. The van der Waals surface area contributed by atoms with E-state index >= 15 is 0 Å². The third kappa shape index (κ3) is 3.52. The van der Waals surface area contributed by atoms with Gasteiger partial charge in [0.1, 0.15) is 24.0 Å². The molecule has 4 aromatic rings. The zero-order chi connectivity index (χ0) is 19.7. The summed E-state index contributed by atoms with van der Waals surface area (Å²) in [6.45, 7) is 0.340. The van der Waals surface area contributed by atoms with Crippen LogP contribution in [0.5, 0.6) is 5.75 Å². The lowest BCUT2D eigenvalue weighted by Crippen LogP contribution is -2.00. The second-order valence-corrected chi connectivity index (χ2v) is 6.53. The number of hydrogen-bond acceptors (Lipinski definition) is 6. The van der Waals surface area contributed by atoms with Crippen molar-refractivity contribution in [2.24, 2.45) is 0 Å². The van der Waals surface area contributed by atoms with Crippen molar-refractivity contribution in [1.29, 1.82) is 0 Å². The van der Waals surface area contributed by atoms with Crippen molar-refractivity contribution in [1.82, 2.24) is 15.0 Å². The number of halogens is 2. The molecule has 8 heteroatoms. The molecule has 28 heavy (non-hydrogen) atoms. The zero-order valence-corrected chi connectivity index (χ0v) is 15.3. The Morgan fingerprint density at radius 3 is 2.68 bits per heavy atom. The van der Waals surface area contributed by atoms with Gasteiger partial charge in [-0.2, -0.15) is 0 Å². The minimum absolute atomic E-state index is 0.00582. The first-order valence-corrected chi connectivity index (χ1v) is 8.73. The summed E-state index contributed by atoms with van der Waals surface area (Å²) in [4.78, 5) is 12.7. The van der Waals surface area contributed by atoms with Crippen LogP contribution in [0.4, 0.5) is 15.9 Å². The first kappa shape index (κ1) is 17.9. The lowest BCUT2D eigenvalue weighted by atomic mass is 10.1. The molecule has 0 aliphatic heterocycles. The van der Waals surface area contributed by atoms with Crippen LogP contribution in [0, 0.1) is 5.82 Å². The van der Waals surface area contributed by atoms with Gasteiger partial charge in [0.05, 0.1) is 16.2 Å². The molecule has 0 saturated carbocycles. The van der Waals surface area contributed by atoms with E-state index in [1.807, 2.05) is 12.1 Å². The zero-order valence-electron chi connectivity index (χ0n) is 14.6. The number of aromatic nitrogens is 3. The van der Waals surface area contributed by atoms with Gasteiger partial charge in [0.2, 0.25) is 0 Å². The Labute approximate surface area is 165 Å². The van der Waals surface area contributed by atoms with Gasteiger partial charge in [-0.25, -0.2) is 14.4 Å². The molecule has 140 valence electrons. The largest absolute Gasteiger partial charge is 0.487 e. The molecule has 4 N–H and O–H groups in total. The molecule has 0 radical (unpaired) electrons. The van der Waals surface area contributed by atoms with Crippen LogP contribution in [0.1, 0.15) is 5.56 Å². The molecule has 2 aromatic carbocycles. The van der Waals surface area contributed by atoms with E-state index < -0.39 is 5.82 Å². The lowest BCUT2D eigenvalue weighted by Gasteiger charge is -2.10. The molecule has 2 heterocycles. The van der Waals surface area contributed by atoms with E-state index in [0.717, 1.165) is 5.56 Å². The maximum absolute atomic E-state index is 13.8. The topological polar surface area (TPSA) is 99.9 Å². The van der Waals surface area contributed by atoms with Crippen LogP contribution in [0.2, 0.25) is 5.02 Å². The highest BCUT2D eigenvalue weighted by Crippen LogP contribution is 2.32. The number of hydrogen-bond donors (Lipinski definition) is 2. The predicted octanol–water partition coefficient (Wildman–Crippen LogP) is 4.23. The van der Waals surface area contributed by atoms with Crippen molar-refractivity contribution in [3.05, 3.63) is 71.3 Å². The Hall–Kier alpha value is -3.45. The fraction of sp³-hybridized carbons (Fsp3) is 0.0500. The highest BCUT2D eigenvalue weighted by molar-refractivity contribution is 6.32. The third-order valence-electron chi connectivity index (χ3n) is 4.15. The van der Waals surface area contributed by atoms with E-state index in [4.69, 9.17) is 27.8 Å². The Kier molecular flexibility index (Phi) is 4.67. The number of nitrogens with two attached hydrogens (primary N) is 2. The van der Waals surface area contributed by atoms with Crippen molar-refractivity contribution in [3.63, 3.8) is 0 Å². The molecular formula is C20H15ClFN5O. The van der Waals surface area contributed by atoms with E-state index in [-0.39, 0.29) is 11.5 Å². The summed E-state index contributed by atoms with van der Waals surface area (Å²) in [6, 6.07) is 11.6. The Bertz CT molecular complexity index is 1170. The predicted molar refractivity (Wildman–Crippen MR) is 107 cm³/mol. The van der Waals surface area contributed by atoms with Gasteiger partial charge < -0.3 is 16.2 Å². The summed E-state index contributed by atoms with van der Waals surface area (Å²) < 4.78 is 19.5. The van der Waals surface area contributed by atoms with Gasteiger partial charge in [0.25, 0.3) is 0 Å². The first-order valence-electron chi connectivity index (χ1n) is 8.35. The molecule has 0 aliphatic rings. The quantitative estimate of drug-likeness (QED) is 0.501. The summed E-state index contributed by atoms with van der Waals surface area (Å²) in [5.74, 6) is 0.491.